The molecule has 0 spiro atoms. The predicted octanol–water partition coefficient (Wildman–Crippen LogP) is 3.12. The predicted molar refractivity (Wildman–Crippen MR) is 93.8 cm³/mol. The Labute approximate surface area is 152 Å². The van der Waals surface area contributed by atoms with E-state index in [1.165, 1.54) is 11.3 Å². The monoisotopic (exact) mass is 385 g/mol. The first-order valence-corrected chi connectivity index (χ1v) is 8.57. The minimum absolute atomic E-state index is 0.0935. The van der Waals surface area contributed by atoms with Gasteiger partial charge in [0.1, 0.15) is 0 Å². The van der Waals surface area contributed by atoms with Crippen molar-refractivity contribution >= 4 is 28.8 Å². The van der Waals surface area contributed by atoms with Gasteiger partial charge < -0.3 is 15.5 Å². The van der Waals surface area contributed by atoms with Gasteiger partial charge in [0.25, 0.3) is 0 Å². The highest BCUT2D eigenvalue weighted by atomic mass is 32.1. The number of amides is 2. The molecule has 0 fully saturated rings. The number of alkyl halides is 3. The Hall–Kier alpha value is -2.39. The van der Waals surface area contributed by atoms with E-state index in [0.29, 0.717) is 0 Å². The molecule has 2 aromatic rings. The van der Waals surface area contributed by atoms with Gasteiger partial charge in [-0.05, 0) is 60.8 Å². The number of benzene rings is 1. The molecule has 2 rings (SSSR count). The number of anilines is 1. The Morgan fingerprint density at radius 3 is 2.27 bits per heavy atom. The summed E-state index contributed by atoms with van der Waals surface area (Å²) in [5, 5.41) is 8.70. The van der Waals surface area contributed by atoms with Crippen LogP contribution in [0.1, 0.15) is 17.2 Å². The van der Waals surface area contributed by atoms with Crippen LogP contribution in [0.2, 0.25) is 0 Å². The Bertz CT molecular complexity index is 744. The molecule has 2 amide bonds. The van der Waals surface area contributed by atoms with E-state index in [9.17, 15) is 22.8 Å². The smallest absolute Gasteiger partial charge is 0.346 e. The summed E-state index contributed by atoms with van der Waals surface area (Å²) in [6, 6.07) is 5.72. The second-order valence-corrected chi connectivity index (χ2v) is 6.56. The van der Waals surface area contributed by atoms with Crippen LogP contribution in [0, 0.1) is 0 Å². The van der Waals surface area contributed by atoms with Crippen LogP contribution in [0.4, 0.5) is 18.9 Å². The van der Waals surface area contributed by atoms with Crippen LogP contribution in [0.15, 0.2) is 41.1 Å². The van der Waals surface area contributed by atoms with Crippen molar-refractivity contribution in [2.24, 2.45) is 0 Å². The molecule has 1 unspecified atom stereocenters. The number of thiophene rings is 1. The van der Waals surface area contributed by atoms with Crippen molar-refractivity contribution in [2.45, 2.75) is 12.2 Å². The summed E-state index contributed by atoms with van der Waals surface area (Å²) in [6.07, 6.45) is -4.46. The molecule has 0 aliphatic carbocycles. The van der Waals surface area contributed by atoms with Crippen molar-refractivity contribution in [3.8, 4) is 0 Å². The molecule has 9 heteroatoms. The van der Waals surface area contributed by atoms with Gasteiger partial charge in [-0.3, -0.25) is 9.59 Å². The van der Waals surface area contributed by atoms with Gasteiger partial charge in [0.15, 0.2) is 0 Å². The third-order valence-electron chi connectivity index (χ3n) is 3.68. The molecule has 2 N–H and O–H groups in total. The molecule has 5 nitrogen and oxygen atoms in total. The highest BCUT2D eigenvalue weighted by Crippen LogP contribution is 2.29. The number of carbonyl (C=O) groups excluding carboxylic acids is 2. The lowest BCUT2D eigenvalue weighted by molar-refractivity contribution is -0.137. The molecule has 140 valence electrons. The maximum Gasteiger partial charge on any atom is 0.416 e. The van der Waals surface area contributed by atoms with Gasteiger partial charge in [-0.25, -0.2) is 0 Å². The molecule has 1 aromatic carbocycles. The van der Waals surface area contributed by atoms with Crippen LogP contribution in [-0.2, 0) is 15.8 Å². The second kappa shape index (κ2) is 8.33. The molecule has 0 saturated carbocycles. The number of rotatable bonds is 5. The van der Waals surface area contributed by atoms with Crippen molar-refractivity contribution in [3.05, 3.63) is 52.2 Å². The number of hydrogen-bond donors (Lipinski definition) is 2. The molecule has 0 bridgehead atoms. The van der Waals surface area contributed by atoms with E-state index < -0.39 is 23.6 Å². The Morgan fingerprint density at radius 1 is 1.12 bits per heavy atom. The van der Waals surface area contributed by atoms with E-state index in [2.05, 4.69) is 10.6 Å². The zero-order chi connectivity index (χ0) is 19.3. The van der Waals surface area contributed by atoms with Crippen molar-refractivity contribution in [1.29, 1.82) is 0 Å². The summed E-state index contributed by atoms with van der Waals surface area (Å²) >= 11 is 1.53. The number of nitrogens with one attached hydrogen (secondary N) is 2. The van der Waals surface area contributed by atoms with Crippen LogP contribution >= 0.6 is 11.3 Å². The zero-order valence-corrected chi connectivity index (χ0v) is 14.9. The SMILES string of the molecule is CN(C)C(CNC(=O)C(=O)Nc1ccc(C(F)(F)F)cc1)c1ccsc1. The minimum atomic E-state index is -4.46. The number of nitrogens with zero attached hydrogens (tertiary/aromatic N) is 1. The average Bonchev–Trinajstić information content (AvgIpc) is 3.08. The van der Waals surface area contributed by atoms with Crippen LogP contribution in [0.3, 0.4) is 0 Å². The average molecular weight is 385 g/mol. The third-order valence-corrected chi connectivity index (χ3v) is 4.39. The fourth-order valence-electron chi connectivity index (χ4n) is 2.26. The highest BCUT2D eigenvalue weighted by Gasteiger charge is 2.30. The van der Waals surface area contributed by atoms with Gasteiger partial charge in [0, 0.05) is 12.2 Å². The van der Waals surface area contributed by atoms with Crippen LogP contribution < -0.4 is 10.6 Å². The maximum absolute atomic E-state index is 12.5. The lowest BCUT2D eigenvalue weighted by atomic mass is 10.1. The summed E-state index contributed by atoms with van der Waals surface area (Å²) in [5.74, 6) is -1.79. The molecule has 0 aliphatic rings. The lowest BCUT2D eigenvalue weighted by Gasteiger charge is -2.23. The van der Waals surface area contributed by atoms with Gasteiger partial charge in [-0.15, -0.1) is 0 Å². The number of halogens is 3. The Kier molecular flexibility index (Phi) is 6.38. The number of likely N-dealkylation sites (N-methyl/N-ethyl adjacent to an activating group) is 1. The third kappa shape index (κ3) is 5.30. The largest absolute Gasteiger partial charge is 0.416 e. The minimum Gasteiger partial charge on any atom is -0.346 e. The highest BCUT2D eigenvalue weighted by molar-refractivity contribution is 7.07. The molecule has 26 heavy (non-hydrogen) atoms. The summed E-state index contributed by atoms with van der Waals surface area (Å²) in [7, 11) is 3.72. The van der Waals surface area contributed by atoms with E-state index in [1.807, 2.05) is 35.8 Å². The van der Waals surface area contributed by atoms with Gasteiger partial charge in [-0.2, -0.15) is 24.5 Å². The topological polar surface area (TPSA) is 61.4 Å². The van der Waals surface area contributed by atoms with Crippen molar-refractivity contribution in [1.82, 2.24) is 10.2 Å². The van der Waals surface area contributed by atoms with E-state index in [-0.39, 0.29) is 18.3 Å². The Balaban J connectivity index is 1.92. The summed E-state index contributed by atoms with van der Waals surface area (Å²) in [4.78, 5) is 25.8. The molecule has 1 atom stereocenters. The van der Waals surface area contributed by atoms with Crippen molar-refractivity contribution < 1.29 is 22.8 Å². The molecular formula is C17H18F3N3O2S. The number of carbonyl (C=O) groups is 2. The zero-order valence-electron chi connectivity index (χ0n) is 14.1. The van der Waals surface area contributed by atoms with Crippen LogP contribution in [-0.4, -0.2) is 37.4 Å². The molecule has 1 heterocycles. The fourth-order valence-corrected chi connectivity index (χ4v) is 2.97. The van der Waals surface area contributed by atoms with E-state index in [1.54, 1.807) is 0 Å². The summed E-state index contributed by atoms with van der Waals surface area (Å²) in [6.45, 7) is 0.225. The second-order valence-electron chi connectivity index (χ2n) is 5.78. The van der Waals surface area contributed by atoms with Gasteiger partial charge in [0.2, 0.25) is 0 Å². The first kappa shape index (κ1) is 19.9. The maximum atomic E-state index is 12.5. The molecule has 0 aliphatic heterocycles. The summed E-state index contributed by atoms with van der Waals surface area (Å²) in [5.41, 5.74) is 0.299. The molecule has 0 saturated heterocycles. The first-order valence-electron chi connectivity index (χ1n) is 7.63. The Morgan fingerprint density at radius 2 is 1.77 bits per heavy atom. The lowest BCUT2D eigenvalue weighted by Crippen LogP contribution is -2.40. The normalized spacial score (nSPS) is 12.7. The molecular weight excluding hydrogens is 367 g/mol. The van der Waals surface area contributed by atoms with Gasteiger partial charge >= 0.3 is 18.0 Å². The van der Waals surface area contributed by atoms with E-state index in [4.69, 9.17) is 0 Å². The van der Waals surface area contributed by atoms with Crippen molar-refractivity contribution in [2.75, 3.05) is 26.0 Å². The van der Waals surface area contributed by atoms with Gasteiger partial charge in [0.05, 0.1) is 11.6 Å². The quantitative estimate of drug-likeness (QED) is 0.778. The fraction of sp³-hybridized carbons (Fsp3) is 0.294. The van der Waals surface area contributed by atoms with Crippen molar-refractivity contribution in [3.63, 3.8) is 0 Å². The molecule has 1 aromatic heterocycles. The van der Waals surface area contributed by atoms with E-state index >= 15 is 0 Å². The first-order chi connectivity index (χ1) is 12.2. The van der Waals surface area contributed by atoms with Crippen LogP contribution in [0.5, 0.6) is 0 Å². The van der Waals surface area contributed by atoms with E-state index in [0.717, 1.165) is 29.8 Å². The number of hydrogen-bond acceptors (Lipinski definition) is 4. The van der Waals surface area contributed by atoms with Gasteiger partial charge in [-0.1, -0.05) is 0 Å². The summed E-state index contributed by atoms with van der Waals surface area (Å²) < 4.78 is 37.5. The van der Waals surface area contributed by atoms with Crippen LogP contribution in [0.25, 0.3) is 0 Å². The molecule has 0 radical (unpaired) electrons. The standard InChI is InChI=1S/C17H18F3N3O2S/c1-23(2)14(11-7-8-26-10-11)9-21-15(24)16(25)22-13-5-3-12(4-6-13)17(18,19)20/h3-8,10,14H,9H2,1-2H3,(H,21,24)(H,22,25).